The van der Waals surface area contributed by atoms with Gasteiger partial charge in [-0.15, -0.1) is 0 Å². The van der Waals surface area contributed by atoms with Crippen LogP contribution in [0.1, 0.15) is 8.22 Å². The third kappa shape index (κ3) is 1.38. The molecule has 0 saturated carbocycles. The molecule has 0 N–H and O–H groups in total. The first kappa shape index (κ1) is 3.30. The molecular weight excluding hydrogens is 218 g/mol. The fraction of sp³-hybridized carbons (Fsp3) is 0. The van der Waals surface area contributed by atoms with Crippen molar-refractivity contribution in [2.24, 2.45) is 0 Å². The lowest BCUT2D eigenvalue weighted by atomic mass is 10.4. The SMILES string of the molecule is [2H]c1nc([2H])c(-n2nc([2H])c(Br)c2[2H])c([2H])c1[2H]. The monoisotopic (exact) mass is 229 g/mol. The third-order valence-electron chi connectivity index (χ3n) is 1.12. The first-order valence-electron chi connectivity index (χ1n) is 6.01. The Hall–Kier alpha value is -1.16. The van der Waals surface area contributed by atoms with Gasteiger partial charge in [0.1, 0.15) is 0 Å². The first-order chi connectivity index (χ1) is 8.34. The first-order valence-corrected chi connectivity index (χ1v) is 3.80. The Morgan fingerprint density at radius 2 is 2.42 bits per heavy atom. The summed E-state index contributed by atoms with van der Waals surface area (Å²) in [7, 11) is 0. The summed E-state index contributed by atoms with van der Waals surface area (Å²) in [6.45, 7) is 0. The number of hydrogen-bond acceptors (Lipinski definition) is 2. The van der Waals surface area contributed by atoms with E-state index >= 15 is 0 Å². The second-order valence-electron chi connectivity index (χ2n) is 1.88. The molecule has 2 heterocycles. The van der Waals surface area contributed by atoms with Crippen molar-refractivity contribution in [3.05, 3.63) is 41.2 Å². The molecule has 0 bridgehead atoms. The van der Waals surface area contributed by atoms with E-state index in [0.717, 1.165) is 4.68 Å². The fourth-order valence-corrected chi connectivity index (χ4v) is 0.914. The Kier molecular flexibility index (Phi) is 0.842. The van der Waals surface area contributed by atoms with E-state index in [1.165, 1.54) is 0 Å². The van der Waals surface area contributed by atoms with Crippen LogP contribution in [0.3, 0.4) is 0 Å². The van der Waals surface area contributed by atoms with Crippen LogP contribution in [0.15, 0.2) is 41.2 Å². The molecule has 4 heteroatoms. The van der Waals surface area contributed by atoms with E-state index in [9.17, 15) is 0 Å². The van der Waals surface area contributed by atoms with Gasteiger partial charge in [-0.1, -0.05) is 0 Å². The van der Waals surface area contributed by atoms with E-state index in [2.05, 4.69) is 26.0 Å². The molecular formula is C8H6BrN3. The van der Waals surface area contributed by atoms with E-state index in [1.54, 1.807) is 0 Å². The molecule has 0 atom stereocenters. The second kappa shape index (κ2) is 3.06. The lowest BCUT2D eigenvalue weighted by Crippen LogP contribution is -1.93. The standard InChI is InChI=1S/C8H6BrN3/c9-7-4-11-12(6-7)8-2-1-3-10-5-8/h1-6H/i1D,2D,3D,4D,5D,6D. The molecule has 0 aromatic carbocycles. The molecule has 60 valence electrons. The summed E-state index contributed by atoms with van der Waals surface area (Å²) in [5, 5.41) is 3.70. The van der Waals surface area contributed by atoms with Crippen LogP contribution in [0.25, 0.3) is 5.69 Å². The normalized spacial score (nSPS) is 17.1. The highest BCUT2D eigenvalue weighted by Crippen LogP contribution is 2.10. The van der Waals surface area contributed by atoms with Crippen molar-refractivity contribution >= 4 is 15.9 Å². The van der Waals surface area contributed by atoms with Gasteiger partial charge in [0, 0.05) is 12.3 Å². The van der Waals surface area contributed by atoms with E-state index in [4.69, 9.17) is 8.22 Å². The highest BCUT2D eigenvalue weighted by molar-refractivity contribution is 9.10. The molecule has 0 fully saturated rings. The molecule has 0 aliphatic carbocycles. The topological polar surface area (TPSA) is 30.7 Å². The Morgan fingerprint density at radius 3 is 3.17 bits per heavy atom. The lowest BCUT2D eigenvalue weighted by Gasteiger charge is -1.97. The maximum Gasteiger partial charge on any atom is 0.0872 e. The summed E-state index contributed by atoms with van der Waals surface area (Å²) in [6.07, 6.45) is -1.32. The Bertz CT molecular complexity index is 640. The number of aromatic nitrogens is 3. The molecule has 2 aromatic heterocycles. The van der Waals surface area contributed by atoms with E-state index in [-0.39, 0.29) is 22.5 Å². The maximum absolute atomic E-state index is 7.70. The van der Waals surface area contributed by atoms with Gasteiger partial charge in [-0.25, -0.2) is 4.68 Å². The summed E-state index contributed by atoms with van der Waals surface area (Å²) in [6, 6.07) is -0.859. The molecule has 0 amide bonds. The van der Waals surface area contributed by atoms with Crippen molar-refractivity contribution in [1.29, 1.82) is 0 Å². The van der Waals surface area contributed by atoms with Crippen molar-refractivity contribution in [3.8, 4) is 5.69 Å². The molecule has 0 radical (unpaired) electrons. The zero-order chi connectivity index (χ0) is 13.6. The average Bonchev–Trinajstić information content (AvgIpc) is 2.55. The minimum Gasteiger partial charge on any atom is -0.262 e. The molecule has 0 aliphatic heterocycles. The van der Waals surface area contributed by atoms with Gasteiger partial charge in [-0.2, -0.15) is 5.10 Å². The van der Waals surface area contributed by atoms with Crippen molar-refractivity contribution in [3.63, 3.8) is 0 Å². The molecule has 3 nitrogen and oxygen atoms in total. The number of rotatable bonds is 1. The van der Waals surface area contributed by atoms with Gasteiger partial charge in [0.2, 0.25) is 0 Å². The number of pyridine rings is 1. The minimum atomic E-state index is -0.474. The van der Waals surface area contributed by atoms with Gasteiger partial charge >= 0.3 is 0 Å². The Balaban J connectivity index is 2.79. The van der Waals surface area contributed by atoms with Gasteiger partial charge in [-0.3, -0.25) is 4.98 Å². The van der Waals surface area contributed by atoms with Crippen LogP contribution in [-0.2, 0) is 0 Å². The van der Waals surface area contributed by atoms with Crippen molar-refractivity contribution < 1.29 is 8.22 Å². The lowest BCUT2D eigenvalue weighted by molar-refractivity contribution is 0.874. The largest absolute Gasteiger partial charge is 0.262 e. The number of hydrogen-bond donors (Lipinski definition) is 0. The fourth-order valence-electron chi connectivity index (χ4n) is 0.667. The van der Waals surface area contributed by atoms with Crippen LogP contribution in [0.5, 0.6) is 0 Å². The summed E-state index contributed by atoms with van der Waals surface area (Å²) >= 11 is 2.99. The van der Waals surface area contributed by atoms with Crippen LogP contribution in [-0.4, -0.2) is 14.8 Å². The molecule has 0 saturated heterocycles. The van der Waals surface area contributed by atoms with E-state index in [1.807, 2.05) is 0 Å². The van der Waals surface area contributed by atoms with Gasteiger partial charge < -0.3 is 0 Å². The Morgan fingerprint density at radius 1 is 1.50 bits per heavy atom. The highest BCUT2D eigenvalue weighted by atomic mass is 79.9. The van der Waals surface area contributed by atoms with Crippen molar-refractivity contribution in [1.82, 2.24) is 14.8 Å². The zero-order valence-electron chi connectivity index (χ0n) is 11.7. The summed E-state index contributed by atoms with van der Waals surface area (Å²) in [4.78, 5) is 3.50. The minimum absolute atomic E-state index is 0.128. The van der Waals surface area contributed by atoms with Gasteiger partial charge in [0.25, 0.3) is 0 Å². The molecule has 0 unspecified atom stereocenters. The smallest absolute Gasteiger partial charge is 0.0872 e. The Labute approximate surface area is 86.6 Å². The third-order valence-corrected chi connectivity index (χ3v) is 1.47. The summed E-state index contributed by atoms with van der Waals surface area (Å²) in [5.74, 6) is 0. The predicted octanol–water partition coefficient (Wildman–Crippen LogP) is 2.03. The highest BCUT2D eigenvalue weighted by Gasteiger charge is 1.96. The summed E-state index contributed by atoms with van der Waals surface area (Å²) < 4.78 is 46.3. The molecule has 2 rings (SSSR count). The number of halogens is 1. The predicted molar refractivity (Wildman–Crippen MR) is 49.1 cm³/mol. The van der Waals surface area contributed by atoms with Gasteiger partial charge in [0.05, 0.1) is 30.7 Å². The van der Waals surface area contributed by atoms with Crippen molar-refractivity contribution in [2.75, 3.05) is 0 Å². The van der Waals surface area contributed by atoms with Crippen molar-refractivity contribution in [2.45, 2.75) is 0 Å². The van der Waals surface area contributed by atoms with E-state index < -0.39 is 24.4 Å². The second-order valence-corrected chi connectivity index (χ2v) is 2.68. The van der Waals surface area contributed by atoms with Crippen LogP contribution in [0.2, 0.25) is 0 Å². The molecule has 0 aliphatic rings. The number of nitrogens with zero attached hydrogens (tertiary/aromatic N) is 3. The van der Waals surface area contributed by atoms with Crippen LogP contribution < -0.4 is 0 Å². The van der Waals surface area contributed by atoms with Crippen LogP contribution in [0, 0.1) is 0 Å². The molecule has 2 aromatic rings. The maximum atomic E-state index is 7.70. The molecule has 0 spiro atoms. The van der Waals surface area contributed by atoms with Gasteiger partial charge in [0.15, 0.2) is 0 Å². The average molecular weight is 230 g/mol. The van der Waals surface area contributed by atoms with Gasteiger partial charge in [-0.05, 0) is 28.0 Å². The van der Waals surface area contributed by atoms with E-state index in [0.29, 0.717) is 0 Å². The summed E-state index contributed by atoms with van der Waals surface area (Å²) in [5.41, 5.74) is -0.180. The molecule has 12 heavy (non-hydrogen) atoms. The van der Waals surface area contributed by atoms with Crippen LogP contribution in [0.4, 0.5) is 0 Å². The zero-order valence-corrected chi connectivity index (χ0v) is 7.31. The quantitative estimate of drug-likeness (QED) is 0.750. The van der Waals surface area contributed by atoms with Crippen LogP contribution >= 0.6 is 15.9 Å².